The Labute approximate surface area is 222 Å². The maximum Gasteiger partial charge on any atom is 0.343 e. The fraction of sp³-hybridized carbons (Fsp3) is 0.406. The predicted molar refractivity (Wildman–Crippen MR) is 150 cm³/mol. The van der Waals surface area contributed by atoms with Crippen molar-refractivity contribution in [1.29, 1.82) is 0 Å². The minimum Gasteiger partial charge on any atom is -0.494 e. The van der Waals surface area contributed by atoms with Crippen LogP contribution in [0.1, 0.15) is 81.1 Å². The number of nitrogens with zero attached hydrogens (tertiary/aromatic N) is 2. The number of carbonyl (C=O) groups excluding carboxylic acids is 1. The van der Waals surface area contributed by atoms with Crippen molar-refractivity contribution < 1.29 is 14.3 Å². The van der Waals surface area contributed by atoms with E-state index in [2.05, 4.69) is 30.4 Å². The van der Waals surface area contributed by atoms with Crippen molar-refractivity contribution in [2.45, 2.75) is 71.6 Å². The summed E-state index contributed by atoms with van der Waals surface area (Å²) >= 11 is 0. The summed E-state index contributed by atoms with van der Waals surface area (Å²) in [6, 6.07) is 14.3. The molecule has 5 nitrogen and oxygen atoms in total. The third-order valence-corrected chi connectivity index (χ3v) is 6.55. The summed E-state index contributed by atoms with van der Waals surface area (Å²) in [4.78, 5) is 21.6. The number of ether oxygens (including phenoxy) is 2. The first-order valence-electron chi connectivity index (χ1n) is 13.6. The third kappa shape index (κ3) is 9.83. The molecule has 0 saturated heterocycles. The molecule has 5 heteroatoms. The van der Waals surface area contributed by atoms with Gasteiger partial charge in [-0.25, -0.2) is 14.8 Å². The van der Waals surface area contributed by atoms with E-state index in [0.29, 0.717) is 23.7 Å². The molecule has 0 amide bonds. The third-order valence-electron chi connectivity index (χ3n) is 6.55. The van der Waals surface area contributed by atoms with Gasteiger partial charge in [-0.3, -0.25) is 0 Å². The molecule has 0 N–H and O–H groups in total. The summed E-state index contributed by atoms with van der Waals surface area (Å²) in [5.41, 5.74) is 2.53. The summed E-state index contributed by atoms with van der Waals surface area (Å²) in [5, 5.41) is 0. The normalized spacial score (nSPS) is 11.6. The van der Waals surface area contributed by atoms with E-state index in [4.69, 9.17) is 9.47 Å². The first-order valence-corrected chi connectivity index (χ1v) is 13.6. The highest BCUT2D eigenvalue weighted by molar-refractivity contribution is 5.91. The number of allylic oxidation sites excluding steroid dienone is 1. The monoisotopic (exact) mass is 500 g/mol. The molecule has 2 aromatic carbocycles. The number of unbranched alkanes of at least 4 members (excludes halogenated alkanes) is 4. The van der Waals surface area contributed by atoms with E-state index in [1.54, 1.807) is 36.4 Å². The molecule has 0 aliphatic carbocycles. The van der Waals surface area contributed by atoms with Gasteiger partial charge in [0.15, 0.2) is 5.82 Å². The summed E-state index contributed by atoms with van der Waals surface area (Å²) in [5.74, 6) is 2.29. The Morgan fingerprint density at radius 2 is 1.62 bits per heavy atom. The number of esters is 1. The minimum absolute atomic E-state index is 0.405. The molecule has 0 fully saturated rings. The second-order valence-corrected chi connectivity index (χ2v) is 9.60. The second-order valence-electron chi connectivity index (χ2n) is 9.60. The lowest BCUT2D eigenvalue weighted by Gasteiger charge is -2.08. The van der Waals surface area contributed by atoms with Crippen LogP contribution in [0.3, 0.4) is 0 Å². The fourth-order valence-electron chi connectivity index (χ4n) is 3.94. The van der Waals surface area contributed by atoms with E-state index in [9.17, 15) is 4.79 Å². The van der Waals surface area contributed by atoms with Crippen molar-refractivity contribution in [3.63, 3.8) is 0 Å². The molecule has 0 saturated carbocycles. The van der Waals surface area contributed by atoms with E-state index < -0.39 is 5.97 Å². The van der Waals surface area contributed by atoms with Gasteiger partial charge in [0, 0.05) is 18.0 Å². The SMILES string of the molecule is C=CCCCCCOc1ccc(C(=O)Oc2ccc(-c3ncc(CCCC[C@@H](C)CC)cn3)cc2)cc1. The van der Waals surface area contributed by atoms with Crippen LogP contribution in [-0.4, -0.2) is 22.5 Å². The molecular weight excluding hydrogens is 460 g/mol. The molecule has 1 aromatic heterocycles. The molecule has 0 aliphatic rings. The predicted octanol–water partition coefficient (Wildman–Crippen LogP) is 8.25. The van der Waals surface area contributed by atoms with Crippen LogP contribution < -0.4 is 9.47 Å². The average molecular weight is 501 g/mol. The Hall–Kier alpha value is -3.47. The number of benzene rings is 2. The standard InChI is InChI=1S/C32H40N2O3/c1-4-6-7-8-11-22-36-29-18-16-28(17-19-29)32(35)37-30-20-14-27(15-21-30)31-33-23-26(24-34-31)13-10-9-12-25(3)5-2/h4,14-21,23-25H,1,5-13,22H2,2-3H3/t25-/m0/s1. The first kappa shape index (κ1) is 28.1. The highest BCUT2D eigenvalue weighted by Gasteiger charge is 2.10. The Morgan fingerprint density at radius 3 is 2.30 bits per heavy atom. The molecule has 37 heavy (non-hydrogen) atoms. The van der Waals surface area contributed by atoms with Gasteiger partial charge >= 0.3 is 5.97 Å². The van der Waals surface area contributed by atoms with Crippen molar-refractivity contribution in [2.75, 3.05) is 6.61 Å². The summed E-state index contributed by atoms with van der Waals surface area (Å²) in [6.45, 7) is 8.96. The zero-order chi connectivity index (χ0) is 26.3. The largest absolute Gasteiger partial charge is 0.494 e. The lowest BCUT2D eigenvalue weighted by Crippen LogP contribution is -2.08. The van der Waals surface area contributed by atoms with E-state index in [0.717, 1.165) is 49.3 Å². The number of carbonyl (C=O) groups is 1. The fourth-order valence-corrected chi connectivity index (χ4v) is 3.94. The van der Waals surface area contributed by atoms with Crippen LogP contribution in [0, 0.1) is 5.92 Å². The number of aromatic nitrogens is 2. The summed E-state index contributed by atoms with van der Waals surface area (Å²) in [7, 11) is 0. The van der Waals surface area contributed by atoms with Gasteiger partial charge in [0.1, 0.15) is 11.5 Å². The molecule has 3 aromatic rings. The lowest BCUT2D eigenvalue weighted by molar-refractivity contribution is 0.0734. The Bertz CT molecular complexity index is 1080. The highest BCUT2D eigenvalue weighted by Crippen LogP contribution is 2.21. The van der Waals surface area contributed by atoms with Crippen LogP contribution >= 0.6 is 0 Å². The zero-order valence-electron chi connectivity index (χ0n) is 22.3. The molecule has 196 valence electrons. The van der Waals surface area contributed by atoms with Crippen molar-refractivity contribution >= 4 is 5.97 Å². The van der Waals surface area contributed by atoms with Crippen LogP contribution in [0.5, 0.6) is 11.5 Å². The van der Waals surface area contributed by atoms with Gasteiger partial charge in [0.05, 0.1) is 12.2 Å². The Kier molecular flexibility index (Phi) is 11.9. The maximum atomic E-state index is 12.5. The van der Waals surface area contributed by atoms with Gasteiger partial charge in [-0.05, 0) is 98.5 Å². The average Bonchev–Trinajstić information content (AvgIpc) is 2.94. The van der Waals surface area contributed by atoms with Gasteiger partial charge in [0.2, 0.25) is 0 Å². The number of hydrogen-bond acceptors (Lipinski definition) is 5. The summed E-state index contributed by atoms with van der Waals surface area (Å²) < 4.78 is 11.3. The molecule has 0 unspecified atom stereocenters. The lowest BCUT2D eigenvalue weighted by atomic mass is 10.00. The van der Waals surface area contributed by atoms with Crippen molar-refractivity contribution in [1.82, 2.24) is 9.97 Å². The molecule has 1 atom stereocenters. The quantitative estimate of drug-likeness (QED) is 0.0857. The van der Waals surface area contributed by atoms with Crippen LogP contribution in [0.2, 0.25) is 0 Å². The van der Waals surface area contributed by atoms with E-state index in [1.165, 1.54) is 31.2 Å². The molecule has 0 aliphatic heterocycles. The number of aryl methyl sites for hydroxylation is 1. The van der Waals surface area contributed by atoms with E-state index in [1.807, 2.05) is 30.6 Å². The van der Waals surface area contributed by atoms with Gasteiger partial charge < -0.3 is 9.47 Å². The van der Waals surface area contributed by atoms with Crippen LogP contribution in [0.25, 0.3) is 11.4 Å². The Morgan fingerprint density at radius 1 is 0.919 bits per heavy atom. The molecule has 0 spiro atoms. The number of rotatable bonds is 16. The Balaban J connectivity index is 1.44. The molecule has 3 rings (SSSR count). The first-order chi connectivity index (χ1) is 18.1. The highest BCUT2D eigenvalue weighted by atomic mass is 16.5. The van der Waals surface area contributed by atoms with E-state index in [-0.39, 0.29) is 0 Å². The van der Waals surface area contributed by atoms with Crippen molar-refractivity contribution in [2.24, 2.45) is 5.92 Å². The maximum absolute atomic E-state index is 12.5. The molecule has 1 heterocycles. The van der Waals surface area contributed by atoms with Gasteiger partial charge in [-0.15, -0.1) is 6.58 Å². The molecule has 0 bridgehead atoms. The summed E-state index contributed by atoms with van der Waals surface area (Å²) in [6.07, 6.45) is 16.0. The van der Waals surface area contributed by atoms with E-state index >= 15 is 0 Å². The molecular formula is C32H40N2O3. The van der Waals surface area contributed by atoms with Crippen LogP contribution in [-0.2, 0) is 6.42 Å². The van der Waals surface area contributed by atoms with Gasteiger partial charge in [0.25, 0.3) is 0 Å². The van der Waals surface area contributed by atoms with Crippen LogP contribution in [0.15, 0.2) is 73.6 Å². The number of hydrogen-bond donors (Lipinski definition) is 0. The smallest absolute Gasteiger partial charge is 0.343 e. The van der Waals surface area contributed by atoms with Gasteiger partial charge in [-0.1, -0.05) is 39.2 Å². The zero-order valence-corrected chi connectivity index (χ0v) is 22.3. The van der Waals surface area contributed by atoms with Crippen molar-refractivity contribution in [3.05, 3.63) is 84.7 Å². The van der Waals surface area contributed by atoms with Crippen molar-refractivity contribution in [3.8, 4) is 22.9 Å². The minimum atomic E-state index is -0.405. The van der Waals surface area contributed by atoms with Gasteiger partial charge in [-0.2, -0.15) is 0 Å². The van der Waals surface area contributed by atoms with Crippen LogP contribution in [0.4, 0.5) is 0 Å². The molecule has 0 radical (unpaired) electrons. The topological polar surface area (TPSA) is 61.3 Å². The second kappa shape index (κ2) is 15.6.